The molecule has 0 aliphatic carbocycles. The molecule has 0 saturated carbocycles. The number of nitriles is 1. The zero-order valence-electron chi connectivity index (χ0n) is 21.1. The maximum Gasteiger partial charge on any atom is 0.248 e. The Balaban J connectivity index is 1.24. The van der Waals surface area contributed by atoms with Gasteiger partial charge in [-0.05, 0) is 28.3 Å². The highest BCUT2D eigenvalue weighted by atomic mass is 16.2. The van der Waals surface area contributed by atoms with Gasteiger partial charge in [-0.1, -0.05) is 68.3 Å². The van der Waals surface area contributed by atoms with E-state index >= 15 is 0 Å². The third-order valence-corrected chi connectivity index (χ3v) is 7.86. The van der Waals surface area contributed by atoms with Crippen molar-refractivity contribution in [3.05, 3.63) is 54.1 Å². The van der Waals surface area contributed by atoms with Crippen LogP contribution in [0.25, 0.3) is 22.5 Å². The molecule has 4 unspecified atom stereocenters. The Morgan fingerprint density at radius 3 is 2.58 bits per heavy atom. The van der Waals surface area contributed by atoms with E-state index in [9.17, 15) is 14.9 Å². The minimum absolute atomic E-state index is 0.0191. The van der Waals surface area contributed by atoms with Gasteiger partial charge in [-0.15, -0.1) is 10.2 Å². The number of ketones is 1. The SMILES string of the molecule is CCCCC1N=C2CC3C(=O)C(C#N)C(=O)N3CC2N1Cc1ccc(-c2ccccc2-c2nn[nH]n2)cc1. The number of hydrogen-bond donors (Lipinski definition) is 1. The van der Waals surface area contributed by atoms with Gasteiger partial charge in [-0.2, -0.15) is 10.5 Å². The zero-order valence-corrected chi connectivity index (χ0v) is 21.1. The van der Waals surface area contributed by atoms with E-state index in [0.29, 0.717) is 25.3 Å². The lowest BCUT2D eigenvalue weighted by Gasteiger charge is -2.38. The fourth-order valence-electron chi connectivity index (χ4n) is 5.91. The average Bonchev–Trinajstić information content (AvgIpc) is 3.65. The molecular formula is C28H28N8O2. The number of fused-ring (bicyclic) bond motifs is 2. The molecule has 10 nitrogen and oxygen atoms in total. The number of carbonyl (C=O) groups is 2. The number of nitrogens with one attached hydrogen (secondary N) is 1. The maximum atomic E-state index is 12.8. The van der Waals surface area contributed by atoms with Gasteiger partial charge >= 0.3 is 0 Å². The molecule has 3 aliphatic rings. The minimum Gasteiger partial charge on any atom is -0.329 e. The van der Waals surface area contributed by atoms with Crippen LogP contribution >= 0.6 is 0 Å². The van der Waals surface area contributed by atoms with Gasteiger partial charge in [0.05, 0.1) is 18.2 Å². The van der Waals surface area contributed by atoms with Crippen molar-refractivity contribution in [2.45, 2.75) is 57.4 Å². The molecular weight excluding hydrogens is 480 g/mol. The van der Waals surface area contributed by atoms with Crippen LogP contribution in [0.2, 0.25) is 0 Å². The second-order valence-corrected chi connectivity index (χ2v) is 10.1. The molecule has 192 valence electrons. The van der Waals surface area contributed by atoms with Crippen LogP contribution in [0.4, 0.5) is 0 Å². The molecule has 6 rings (SSSR count). The summed E-state index contributed by atoms with van der Waals surface area (Å²) in [4.78, 5) is 34.5. The van der Waals surface area contributed by atoms with E-state index < -0.39 is 12.0 Å². The Kier molecular flexibility index (Phi) is 6.29. The number of benzene rings is 2. The summed E-state index contributed by atoms with van der Waals surface area (Å²) in [5.41, 5.74) is 5.11. The first-order valence-electron chi connectivity index (χ1n) is 13.1. The van der Waals surface area contributed by atoms with Crippen molar-refractivity contribution in [2.24, 2.45) is 10.9 Å². The number of unbranched alkanes of at least 4 members (excludes halogenated alkanes) is 1. The predicted molar refractivity (Wildman–Crippen MR) is 139 cm³/mol. The van der Waals surface area contributed by atoms with Crippen LogP contribution in [0.3, 0.4) is 0 Å². The van der Waals surface area contributed by atoms with Gasteiger partial charge in [-0.25, -0.2) is 0 Å². The number of piperidine rings is 1. The molecule has 2 fully saturated rings. The monoisotopic (exact) mass is 508 g/mol. The number of amides is 1. The summed E-state index contributed by atoms with van der Waals surface area (Å²) >= 11 is 0. The number of rotatable bonds is 7. The molecule has 1 N–H and O–H groups in total. The third-order valence-electron chi connectivity index (χ3n) is 7.86. The lowest BCUT2D eigenvalue weighted by molar-refractivity contribution is -0.131. The van der Waals surface area contributed by atoms with Crippen LogP contribution in [0.1, 0.15) is 38.2 Å². The normalized spacial score (nSPS) is 24.7. The van der Waals surface area contributed by atoms with Gasteiger partial charge in [0, 0.05) is 30.8 Å². The molecule has 0 spiro atoms. The molecule has 1 aromatic heterocycles. The first kappa shape index (κ1) is 24.1. The first-order chi connectivity index (χ1) is 18.6. The molecule has 4 heterocycles. The van der Waals surface area contributed by atoms with E-state index in [1.54, 1.807) is 4.90 Å². The van der Waals surface area contributed by atoms with Gasteiger partial charge in [-0.3, -0.25) is 19.5 Å². The predicted octanol–water partition coefficient (Wildman–Crippen LogP) is 3.00. The van der Waals surface area contributed by atoms with E-state index in [4.69, 9.17) is 4.99 Å². The highest BCUT2D eigenvalue weighted by molar-refractivity contribution is 6.15. The summed E-state index contributed by atoms with van der Waals surface area (Å²) < 4.78 is 0. The molecule has 10 heteroatoms. The lowest BCUT2D eigenvalue weighted by Crippen LogP contribution is -2.55. The molecule has 38 heavy (non-hydrogen) atoms. The van der Waals surface area contributed by atoms with Crippen molar-refractivity contribution in [3.63, 3.8) is 0 Å². The van der Waals surface area contributed by atoms with Crippen LogP contribution in [-0.4, -0.2) is 72.6 Å². The van der Waals surface area contributed by atoms with Gasteiger partial charge in [0.15, 0.2) is 11.7 Å². The molecule has 0 bridgehead atoms. The summed E-state index contributed by atoms with van der Waals surface area (Å²) in [6, 6.07) is 17.7. The summed E-state index contributed by atoms with van der Waals surface area (Å²) in [5, 5.41) is 23.8. The minimum atomic E-state index is -1.17. The largest absolute Gasteiger partial charge is 0.329 e. The van der Waals surface area contributed by atoms with E-state index in [-0.39, 0.29) is 23.9 Å². The Bertz CT molecular complexity index is 1430. The van der Waals surface area contributed by atoms with Crippen molar-refractivity contribution >= 4 is 17.4 Å². The molecule has 4 atom stereocenters. The number of aromatic amines is 1. The average molecular weight is 509 g/mol. The van der Waals surface area contributed by atoms with Gasteiger partial charge < -0.3 is 4.90 Å². The van der Waals surface area contributed by atoms with Crippen LogP contribution in [0, 0.1) is 17.2 Å². The van der Waals surface area contributed by atoms with E-state index in [0.717, 1.165) is 47.2 Å². The number of aliphatic imine (C=N–C) groups is 1. The topological polar surface area (TPSA) is 131 Å². The molecule has 3 aliphatic heterocycles. The fourth-order valence-corrected chi connectivity index (χ4v) is 5.91. The summed E-state index contributed by atoms with van der Waals surface area (Å²) in [6.07, 6.45) is 3.51. The smallest absolute Gasteiger partial charge is 0.248 e. The van der Waals surface area contributed by atoms with Gasteiger partial charge in [0.25, 0.3) is 0 Å². The number of Topliss-reactive ketones (excluding diaryl/α,β-unsaturated/α-hetero) is 1. The number of nitrogens with zero attached hydrogens (tertiary/aromatic N) is 7. The van der Waals surface area contributed by atoms with Crippen molar-refractivity contribution in [3.8, 4) is 28.6 Å². The van der Waals surface area contributed by atoms with Gasteiger partial charge in [0.2, 0.25) is 11.7 Å². The van der Waals surface area contributed by atoms with Crippen LogP contribution in [0.15, 0.2) is 53.5 Å². The van der Waals surface area contributed by atoms with Crippen molar-refractivity contribution in [2.75, 3.05) is 6.54 Å². The van der Waals surface area contributed by atoms with E-state index in [2.05, 4.69) is 56.7 Å². The van der Waals surface area contributed by atoms with Crippen LogP contribution < -0.4 is 0 Å². The highest BCUT2D eigenvalue weighted by Crippen LogP contribution is 2.36. The second kappa shape index (κ2) is 9.91. The van der Waals surface area contributed by atoms with Crippen molar-refractivity contribution in [1.82, 2.24) is 30.4 Å². The zero-order chi connectivity index (χ0) is 26.2. The first-order valence-corrected chi connectivity index (χ1v) is 13.1. The lowest BCUT2D eigenvalue weighted by atomic mass is 9.94. The van der Waals surface area contributed by atoms with Crippen LogP contribution in [0.5, 0.6) is 0 Å². The second-order valence-electron chi connectivity index (χ2n) is 10.1. The molecule has 1 amide bonds. The summed E-state index contributed by atoms with van der Waals surface area (Å²) in [6.45, 7) is 3.26. The van der Waals surface area contributed by atoms with Gasteiger partial charge in [0.1, 0.15) is 6.17 Å². The Morgan fingerprint density at radius 1 is 1.08 bits per heavy atom. The van der Waals surface area contributed by atoms with Crippen LogP contribution in [-0.2, 0) is 16.1 Å². The molecule has 3 aromatic rings. The Morgan fingerprint density at radius 2 is 1.87 bits per heavy atom. The number of aromatic nitrogens is 4. The van der Waals surface area contributed by atoms with E-state index in [1.807, 2.05) is 30.3 Å². The number of carbonyl (C=O) groups excluding carboxylic acids is 2. The van der Waals surface area contributed by atoms with Crippen molar-refractivity contribution < 1.29 is 9.59 Å². The maximum absolute atomic E-state index is 12.8. The fraction of sp³-hybridized carbons (Fsp3) is 0.393. The third kappa shape index (κ3) is 4.09. The quantitative estimate of drug-likeness (QED) is 0.485. The number of H-pyrrole nitrogens is 1. The summed E-state index contributed by atoms with van der Waals surface area (Å²) in [7, 11) is 0. The molecule has 0 radical (unpaired) electrons. The summed E-state index contributed by atoms with van der Waals surface area (Å²) in [5.74, 6) is -1.26. The number of hydrogen-bond acceptors (Lipinski definition) is 8. The highest BCUT2D eigenvalue weighted by Gasteiger charge is 2.54. The molecule has 2 saturated heterocycles. The van der Waals surface area contributed by atoms with Crippen molar-refractivity contribution in [1.29, 1.82) is 5.26 Å². The standard InChI is InChI=1S/C28H28N8O2/c1-2-3-8-25-30-22-13-23-26(37)21(14-29)28(38)36(23)16-24(22)35(25)15-17-9-11-18(12-10-17)19-6-4-5-7-20(19)27-31-33-34-32-27/h4-7,9-12,21,23-25H,2-3,8,13,15-16H2,1H3,(H,31,32,33,34). The Hall–Kier alpha value is -4.23. The van der Waals surface area contributed by atoms with E-state index in [1.165, 1.54) is 0 Å². The Labute approximate surface area is 220 Å². The molecule has 2 aromatic carbocycles. The number of tetrazole rings is 1.